The van der Waals surface area contributed by atoms with Crippen LogP contribution in [0.5, 0.6) is 0 Å². The largest absolute Gasteiger partial charge is 0.344 e. The SMILES string of the molecule is CC(C)c1ccc(-n2c(C(Cc3cc(F)cc(F)c3)NC(=O)Cn3nc(C(F)F)c4c3C(F)(F)[C@@H]3C[C@H]43)nc3cc(-c4nnn[nH]4)ccc3c2=O)cn1. The first-order valence-electron chi connectivity index (χ1n) is 16.6. The number of carbonyl (C=O) groups is 1. The quantitative estimate of drug-likeness (QED) is 0.168. The predicted octanol–water partition coefficient (Wildman–Crippen LogP) is 5.81. The third-order valence-corrected chi connectivity index (χ3v) is 9.60. The molecule has 4 aromatic heterocycles. The zero-order valence-corrected chi connectivity index (χ0v) is 27.9. The summed E-state index contributed by atoms with van der Waals surface area (Å²) in [5.74, 6) is -8.02. The van der Waals surface area contributed by atoms with Gasteiger partial charge < -0.3 is 5.32 Å². The summed E-state index contributed by atoms with van der Waals surface area (Å²) in [5, 5.41) is 20.2. The van der Waals surface area contributed by atoms with Gasteiger partial charge in [0.25, 0.3) is 17.9 Å². The van der Waals surface area contributed by atoms with Crippen LogP contribution in [0.1, 0.15) is 78.6 Å². The zero-order valence-electron chi connectivity index (χ0n) is 27.9. The number of carbonyl (C=O) groups excluding carboxylic acids is 1. The Labute approximate surface area is 295 Å². The van der Waals surface area contributed by atoms with Crippen LogP contribution in [0.4, 0.5) is 26.3 Å². The van der Waals surface area contributed by atoms with Crippen molar-refractivity contribution in [3.8, 4) is 17.1 Å². The first-order valence-corrected chi connectivity index (χ1v) is 16.6. The van der Waals surface area contributed by atoms with Gasteiger partial charge in [0, 0.05) is 35.2 Å². The van der Waals surface area contributed by atoms with E-state index in [2.05, 4.69) is 36.0 Å². The van der Waals surface area contributed by atoms with Crippen molar-refractivity contribution >= 4 is 16.8 Å². The molecule has 2 aliphatic carbocycles. The van der Waals surface area contributed by atoms with Gasteiger partial charge in [0.05, 0.1) is 28.8 Å². The highest BCUT2D eigenvalue weighted by Crippen LogP contribution is 2.68. The van der Waals surface area contributed by atoms with Crippen molar-refractivity contribution in [2.24, 2.45) is 5.92 Å². The standard InChI is InChI=1S/C35H28F6N10O2/c1-15(2)24-6-4-20(13-42-24)51-33(44-25-10-17(32-45-48-49-46-32)3-5-21(25)34(51)53)26(9-16-7-18(36)11-19(37)8-16)43-27(52)14-50-30-28(29(47-50)31(38)39)22-12-23(22)35(30,40)41/h3-8,10-11,13,15,22-23,26,31H,9,12,14H2,1-2H3,(H,43,52)(H,45,46,48,49)/t22-,23+,26?/m0/s1. The summed E-state index contributed by atoms with van der Waals surface area (Å²) in [6, 6.07) is 9.34. The van der Waals surface area contributed by atoms with Crippen LogP contribution in [-0.4, -0.2) is 50.8 Å². The molecule has 0 spiro atoms. The van der Waals surface area contributed by atoms with Crippen molar-refractivity contribution in [1.82, 2.24) is 50.3 Å². The summed E-state index contributed by atoms with van der Waals surface area (Å²) in [6.07, 6.45) is -2.02. The van der Waals surface area contributed by atoms with Crippen LogP contribution in [-0.2, 0) is 23.7 Å². The van der Waals surface area contributed by atoms with Gasteiger partial charge in [0.15, 0.2) is 5.82 Å². The van der Waals surface area contributed by atoms with E-state index < -0.39 is 71.3 Å². The second-order valence-electron chi connectivity index (χ2n) is 13.5. The van der Waals surface area contributed by atoms with E-state index in [0.29, 0.717) is 22.0 Å². The summed E-state index contributed by atoms with van der Waals surface area (Å²) < 4.78 is 89.3. The number of rotatable bonds is 10. The molecule has 12 nitrogen and oxygen atoms in total. The van der Waals surface area contributed by atoms with E-state index in [4.69, 9.17) is 4.98 Å². The summed E-state index contributed by atoms with van der Waals surface area (Å²) in [6.45, 7) is 2.96. The summed E-state index contributed by atoms with van der Waals surface area (Å²) in [7, 11) is 0. The van der Waals surface area contributed by atoms with E-state index in [9.17, 15) is 27.2 Å². The summed E-state index contributed by atoms with van der Waals surface area (Å²) >= 11 is 0. The highest BCUT2D eigenvalue weighted by Gasteiger charge is 2.67. The van der Waals surface area contributed by atoms with Crippen LogP contribution in [0.25, 0.3) is 28.0 Å². The van der Waals surface area contributed by atoms with Gasteiger partial charge in [-0.05, 0) is 70.6 Å². The Balaban J connectivity index is 1.27. The molecule has 2 aliphatic rings. The van der Waals surface area contributed by atoms with Gasteiger partial charge in [-0.2, -0.15) is 13.9 Å². The predicted molar refractivity (Wildman–Crippen MR) is 175 cm³/mol. The molecule has 1 saturated carbocycles. The minimum atomic E-state index is -3.48. The molecule has 3 atom stereocenters. The van der Waals surface area contributed by atoms with Crippen molar-refractivity contribution < 1.29 is 31.1 Å². The van der Waals surface area contributed by atoms with Crippen LogP contribution in [0, 0.1) is 17.6 Å². The molecule has 18 heteroatoms. The van der Waals surface area contributed by atoms with Crippen LogP contribution >= 0.6 is 0 Å². The van der Waals surface area contributed by atoms with Crippen LogP contribution in [0.15, 0.2) is 59.5 Å². The fraction of sp³-hybridized carbons (Fsp3) is 0.314. The van der Waals surface area contributed by atoms with Gasteiger partial charge in [0.2, 0.25) is 5.91 Å². The van der Waals surface area contributed by atoms with Gasteiger partial charge in [-0.25, -0.2) is 27.6 Å². The Morgan fingerprint density at radius 1 is 1.08 bits per heavy atom. The molecule has 1 fully saturated rings. The number of H-pyrrole nitrogens is 1. The average Bonchev–Trinajstić information content (AvgIpc) is 3.43. The highest BCUT2D eigenvalue weighted by atomic mass is 19.3. The first kappa shape index (κ1) is 34.2. The number of hydrogen-bond donors (Lipinski definition) is 2. The molecule has 1 amide bonds. The number of alkyl halides is 4. The molecule has 2 aromatic carbocycles. The van der Waals surface area contributed by atoms with Crippen molar-refractivity contribution in [3.05, 3.63) is 111 Å². The number of nitrogens with zero attached hydrogens (tertiary/aromatic N) is 8. The Bertz CT molecular complexity index is 2430. The normalized spacial score (nSPS) is 17.7. The average molecular weight is 735 g/mol. The van der Waals surface area contributed by atoms with Crippen LogP contribution in [0.3, 0.4) is 0 Å². The van der Waals surface area contributed by atoms with Crippen molar-refractivity contribution in [2.45, 2.75) is 63.5 Å². The fourth-order valence-electron chi connectivity index (χ4n) is 7.11. The number of fused-ring (bicyclic) bond motifs is 4. The second kappa shape index (κ2) is 12.6. The second-order valence-corrected chi connectivity index (χ2v) is 13.5. The smallest absolute Gasteiger partial charge is 0.293 e. The van der Waals surface area contributed by atoms with Crippen molar-refractivity contribution in [1.29, 1.82) is 0 Å². The Kier molecular flexibility index (Phi) is 8.14. The Morgan fingerprint density at radius 2 is 1.85 bits per heavy atom. The minimum Gasteiger partial charge on any atom is -0.344 e. The zero-order chi connectivity index (χ0) is 37.3. The number of tetrazole rings is 1. The maximum atomic E-state index is 15.3. The highest BCUT2D eigenvalue weighted by molar-refractivity contribution is 5.83. The van der Waals surface area contributed by atoms with Crippen molar-refractivity contribution in [2.75, 3.05) is 0 Å². The van der Waals surface area contributed by atoms with Crippen LogP contribution in [0.2, 0.25) is 0 Å². The number of pyridine rings is 1. The van der Waals surface area contributed by atoms with Gasteiger partial charge in [-0.1, -0.05) is 19.9 Å². The number of amides is 1. The first-order chi connectivity index (χ1) is 25.3. The van der Waals surface area contributed by atoms with Gasteiger partial charge in [-0.3, -0.25) is 23.8 Å². The van der Waals surface area contributed by atoms with E-state index in [1.54, 1.807) is 18.2 Å². The molecule has 272 valence electrons. The maximum absolute atomic E-state index is 15.3. The van der Waals surface area contributed by atoms with E-state index in [1.165, 1.54) is 22.9 Å². The lowest BCUT2D eigenvalue weighted by molar-refractivity contribution is -0.123. The van der Waals surface area contributed by atoms with Gasteiger partial charge >= 0.3 is 0 Å². The number of nitrogens with one attached hydrogen (secondary N) is 2. The van der Waals surface area contributed by atoms with E-state index in [-0.39, 0.29) is 58.1 Å². The number of halogens is 6. The molecule has 2 N–H and O–H groups in total. The molecular weight excluding hydrogens is 706 g/mol. The lowest BCUT2D eigenvalue weighted by Gasteiger charge is -2.24. The number of benzene rings is 2. The van der Waals surface area contributed by atoms with E-state index in [1.807, 2.05) is 13.8 Å². The number of aromatic amines is 1. The van der Waals surface area contributed by atoms with Gasteiger partial charge in [-0.15, -0.1) is 5.10 Å². The third kappa shape index (κ3) is 6.00. The monoisotopic (exact) mass is 734 g/mol. The fourth-order valence-corrected chi connectivity index (χ4v) is 7.11. The van der Waals surface area contributed by atoms with E-state index >= 15 is 8.78 Å². The number of aromatic nitrogens is 9. The lowest BCUT2D eigenvalue weighted by atomic mass is 10.0. The lowest BCUT2D eigenvalue weighted by Crippen LogP contribution is -2.38. The Hall–Kier alpha value is -5.94. The maximum Gasteiger partial charge on any atom is 0.293 e. The summed E-state index contributed by atoms with van der Waals surface area (Å²) in [5.41, 5.74) is -0.781. The molecule has 0 aliphatic heterocycles. The molecule has 0 bridgehead atoms. The molecule has 0 saturated heterocycles. The summed E-state index contributed by atoms with van der Waals surface area (Å²) in [4.78, 5) is 37.4. The van der Waals surface area contributed by atoms with Gasteiger partial charge in [0.1, 0.15) is 35.4 Å². The van der Waals surface area contributed by atoms with E-state index in [0.717, 1.165) is 12.1 Å². The van der Waals surface area contributed by atoms with Crippen LogP contribution < -0.4 is 10.9 Å². The topological polar surface area (TPSA) is 149 Å². The molecule has 53 heavy (non-hydrogen) atoms. The van der Waals surface area contributed by atoms with Crippen molar-refractivity contribution in [3.63, 3.8) is 0 Å². The number of hydrogen-bond acceptors (Lipinski definition) is 8. The molecular formula is C35H28F6N10O2. The molecule has 0 radical (unpaired) electrons. The molecule has 4 heterocycles. The Morgan fingerprint density at radius 3 is 2.51 bits per heavy atom. The molecule has 8 rings (SSSR count). The molecule has 6 aromatic rings. The molecule has 1 unspecified atom stereocenters. The third-order valence-electron chi connectivity index (χ3n) is 9.60. The minimum absolute atomic E-state index is 0.0384.